The van der Waals surface area contributed by atoms with Gasteiger partial charge in [-0.15, -0.1) is 0 Å². The van der Waals surface area contributed by atoms with Crippen LogP contribution in [0.4, 0.5) is 0 Å². The van der Waals surface area contributed by atoms with E-state index in [0.29, 0.717) is 17.3 Å². The van der Waals surface area contributed by atoms with E-state index in [0.717, 1.165) is 5.56 Å². The molecule has 5 heteroatoms. The minimum Gasteiger partial charge on any atom is -0.465 e. The lowest BCUT2D eigenvalue weighted by Gasteiger charge is -2.25. The van der Waals surface area contributed by atoms with Gasteiger partial charge >= 0.3 is 5.97 Å². The average molecular weight is 268 g/mol. The van der Waals surface area contributed by atoms with Crippen LogP contribution in [0.25, 0.3) is 0 Å². The third-order valence-corrected chi connectivity index (χ3v) is 3.31. The molecule has 0 fully saturated rings. The van der Waals surface area contributed by atoms with E-state index in [1.165, 1.54) is 0 Å². The molecule has 4 nitrogen and oxygen atoms in total. The summed E-state index contributed by atoms with van der Waals surface area (Å²) >= 11 is 5.86. The summed E-state index contributed by atoms with van der Waals surface area (Å²) in [6.07, 6.45) is 0. The first kappa shape index (κ1) is 12.9. The topological polar surface area (TPSA) is 47.9 Å². The van der Waals surface area contributed by atoms with E-state index < -0.39 is 5.41 Å². The number of carbonyl (C=O) groups excluding carboxylic acids is 1. The number of carbonyl (C=O) groups is 1. The van der Waals surface area contributed by atoms with Crippen molar-refractivity contribution < 1.29 is 14.4 Å². The summed E-state index contributed by atoms with van der Waals surface area (Å²) < 4.78 is 5.15. The smallest absolute Gasteiger partial charge is 0.326 e. The summed E-state index contributed by atoms with van der Waals surface area (Å²) in [5.41, 5.74) is 0.438. The fraction of sp³-hybridized carbons (Fsp3) is 0.385. The molecule has 0 aliphatic carbocycles. The van der Waals surface area contributed by atoms with Crippen molar-refractivity contribution in [3.8, 4) is 0 Å². The Labute approximate surface area is 111 Å². The van der Waals surface area contributed by atoms with Gasteiger partial charge in [0.2, 0.25) is 0 Å². The van der Waals surface area contributed by atoms with Crippen LogP contribution in [0.3, 0.4) is 0 Å². The van der Waals surface area contributed by atoms with Crippen molar-refractivity contribution in [1.29, 1.82) is 0 Å². The molecule has 0 saturated heterocycles. The van der Waals surface area contributed by atoms with Gasteiger partial charge in [0.15, 0.2) is 5.41 Å². The Hall–Kier alpha value is -1.55. The van der Waals surface area contributed by atoms with Crippen molar-refractivity contribution in [2.75, 3.05) is 13.2 Å². The van der Waals surface area contributed by atoms with E-state index in [1.807, 2.05) is 0 Å². The summed E-state index contributed by atoms with van der Waals surface area (Å²) in [6.45, 7) is 4.02. The van der Waals surface area contributed by atoms with Gasteiger partial charge in [0.25, 0.3) is 0 Å². The Morgan fingerprint density at radius 2 is 2.17 bits per heavy atom. The van der Waals surface area contributed by atoms with E-state index in [1.54, 1.807) is 38.1 Å². The Balaban J connectivity index is 2.46. The Bertz CT molecular complexity index is 484. The van der Waals surface area contributed by atoms with E-state index in [-0.39, 0.29) is 12.6 Å². The maximum absolute atomic E-state index is 12.2. The lowest BCUT2D eigenvalue weighted by Crippen LogP contribution is -2.44. The lowest BCUT2D eigenvalue weighted by molar-refractivity contribution is -0.148. The van der Waals surface area contributed by atoms with Crippen LogP contribution in [-0.4, -0.2) is 24.9 Å². The highest BCUT2D eigenvalue weighted by Gasteiger charge is 2.49. The molecule has 18 heavy (non-hydrogen) atoms. The van der Waals surface area contributed by atoms with Crippen LogP contribution in [0.15, 0.2) is 29.4 Å². The molecule has 0 spiro atoms. The van der Waals surface area contributed by atoms with Crippen molar-refractivity contribution in [2.45, 2.75) is 19.3 Å². The Kier molecular flexibility index (Phi) is 3.57. The van der Waals surface area contributed by atoms with Crippen LogP contribution >= 0.6 is 11.6 Å². The molecule has 1 heterocycles. The van der Waals surface area contributed by atoms with Gasteiger partial charge in [-0.05, 0) is 31.5 Å². The summed E-state index contributed by atoms with van der Waals surface area (Å²) in [5.74, 6) is -0.342. The summed E-state index contributed by atoms with van der Waals surface area (Å²) in [5, 5.41) is 4.49. The van der Waals surface area contributed by atoms with Crippen molar-refractivity contribution in [3.05, 3.63) is 34.9 Å². The van der Waals surface area contributed by atoms with Crippen LogP contribution in [-0.2, 0) is 19.8 Å². The third kappa shape index (κ3) is 1.97. The second-order valence-electron chi connectivity index (χ2n) is 4.08. The highest BCUT2D eigenvalue weighted by Crippen LogP contribution is 2.33. The van der Waals surface area contributed by atoms with E-state index >= 15 is 0 Å². The number of ether oxygens (including phenoxy) is 1. The predicted octanol–water partition coefficient (Wildman–Crippen LogP) is 2.55. The number of oxime groups is 1. The first-order chi connectivity index (χ1) is 8.61. The number of hydrogen-bond acceptors (Lipinski definition) is 4. The molecule has 1 aromatic rings. The van der Waals surface area contributed by atoms with Crippen LogP contribution in [0.1, 0.15) is 19.4 Å². The van der Waals surface area contributed by atoms with E-state index in [4.69, 9.17) is 21.2 Å². The molecule has 1 aliphatic heterocycles. The highest BCUT2D eigenvalue weighted by atomic mass is 35.5. The zero-order chi connectivity index (χ0) is 13.2. The van der Waals surface area contributed by atoms with Crippen molar-refractivity contribution in [3.63, 3.8) is 0 Å². The highest BCUT2D eigenvalue weighted by molar-refractivity contribution is 6.30. The molecule has 0 amide bonds. The first-order valence-corrected chi connectivity index (χ1v) is 6.09. The van der Waals surface area contributed by atoms with E-state index in [9.17, 15) is 4.79 Å². The van der Waals surface area contributed by atoms with E-state index in [2.05, 4.69) is 5.16 Å². The standard InChI is InChI=1S/C13H14ClNO3/c1-3-17-12(16)13(8-18-15-9(13)2)10-4-6-11(14)7-5-10/h4-7H,3,8H2,1-2H3/t13-/m1/s1. The minimum absolute atomic E-state index is 0.166. The van der Waals surface area contributed by atoms with Gasteiger partial charge in [0, 0.05) is 5.02 Å². The molecule has 0 aromatic heterocycles. The van der Waals surface area contributed by atoms with Crippen molar-refractivity contribution in [2.24, 2.45) is 5.16 Å². The van der Waals surface area contributed by atoms with Crippen LogP contribution in [0.2, 0.25) is 5.02 Å². The fourth-order valence-corrected chi connectivity index (χ4v) is 2.14. The zero-order valence-corrected chi connectivity index (χ0v) is 11.0. The maximum atomic E-state index is 12.2. The predicted molar refractivity (Wildman–Crippen MR) is 68.8 cm³/mol. The van der Waals surface area contributed by atoms with Crippen LogP contribution < -0.4 is 0 Å². The second-order valence-corrected chi connectivity index (χ2v) is 4.52. The molecular weight excluding hydrogens is 254 g/mol. The zero-order valence-electron chi connectivity index (χ0n) is 10.3. The molecule has 1 aliphatic rings. The summed E-state index contributed by atoms with van der Waals surface area (Å²) in [4.78, 5) is 17.3. The molecule has 2 rings (SSSR count). The molecule has 1 aromatic carbocycles. The average Bonchev–Trinajstić information content (AvgIpc) is 2.73. The second kappa shape index (κ2) is 4.98. The number of nitrogens with zero attached hydrogens (tertiary/aromatic N) is 1. The molecule has 0 N–H and O–H groups in total. The molecular formula is C13H14ClNO3. The number of rotatable bonds is 3. The minimum atomic E-state index is -0.944. The molecule has 0 unspecified atom stereocenters. The van der Waals surface area contributed by atoms with Crippen molar-refractivity contribution in [1.82, 2.24) is 0 Å². The molecule has 1 atom stereocenters. The number of hydrogen-bond donors (Lipinski definition) is 0. The summed E-state index contributed by atoms with van der Waals surface area (Å²) in [7, 11) is 0. The quantitative estimate of drug-likeness (QED) is 0.791. The van der Waals surface area contributed by atoms with Gasteiger partial charge in [-0.25, -0.2) is 0 Å². The SMILES string of the molecule is CCOC(=O)[C@]1(c2ccc(Cl)cc2)CON=C1C. The van der Waals surface area contributed by atoms with Gasteiger partial charge in [0.05, 0.1) is 12.3 Å². The van der Waals surface area contributed by atoms with Crippen LogP contribution in [0.5, 0.6) is 0 Å². The normalized spacial score (nSPS) is 22.3. The van der Waals surface area contributed by atoms with Gasteiger partial charge in [0.1, 0.15) is 6.61 Å². The Morgan fingerprint density at radius 1 is 1.50 bits per heavy atom. The third-order valence-electron chi connectivity index (χ3n) is 3.06. The van der Waals surface area contributed by atoms with Gasteiger partial charge in [-0.1, -0.05) is 28.9 Å². The largest absolute Gasteiger partial charge is 0.465 e. The number of benzene rings is 1. The number of halogens is 1. The monoisotopic (exact) mass is 267 g/mol. The molecule has 0 bridgehead atoms. The molecule has 0 saturated carbocycles. The van der Waals surface area contributed by atoms with Gasteiger partial charge in [-0.3, -0.25) is 4.79 Å². The van der Waals surface area contributed by atoms with Crippen molar-refractivity contribution >= 4 is 23.3 Å². The van der Waals surface area contributed by atoms with Gasteiger partial charge in [-0.2, -0.15) is 0 Å². The van der Waals surface area contributed by atoms with Gasteiger partial charge < -0.3 is 9.57 Å². The summed E-state index contributed by atoms with van der Waals surface area (Å²) in [6, 6.07) is 7.08. The Morgan fingerprint density at radius 3 is 2.67 bits per heavy atom. The maximum Gasteiger partial charge on any atom is 0.326 e. The fourth-order valence-electron chi connectivity index (χ4n) is 2.01. The lowest BCUT2D eigenvalue weighted by atomic mass is 9.78. The molecule has 96 valence electrons. The number of esters is 1. The first-order valence-electron chi connectivity index (χ1n) is 5.71. The molecule has 0 radical (unpaired) electrons. The van der Waals surface area contributed by atoms with Crippen LogP contribution in [0, 0.1) is 0 Å².